The van der Waals surface area contributed by atoms with Gasteiger partial charge >= 0.3 is 7.32 Å². The van der Waals surface area contributed by atoms with Crippen LogP contribution in [0.2, 0.25) is 0 Å². The fraction of sp³-hybridized carbons (Fsp3) is 1.00. The molecule has 0 rings (SSSR count). The van der Waals surface area contributed by atoms with E-state index < -0.39 is 13.6 Å². The monoisotopic (exact) mass is 284 g/mol. The molecular formula is C10H25BO8. The van der Waals surface area contributed by atoms with Gasteiger partial charge in [-0.15, -0.1) is 0 Å². The Bertz CT molecular complexity index is 158. The van der Waals surface area contributed by atoms with E-state index in [1.54, 1.807) is 0 Å². The van der Waals surface area contributed by atoms with Crippen molar-refractivity contribution in [3.63, 3.8) is 0 Å². The van der Waals surface area contributed by atoms with Crippen molar-refractivity contribution in [1.29, 1.82) is 0 Å². The van der Waals surface area contributed by atoms with E-state index in [0.29, 0.717) is 26.4 Å². The predicted octanol–water partition coefficient (Wildman–Crippen LogP) is -1.90. The van der Waals surface area contributed by atoms with Crippen molar-refractivity contribution >= 4 is 7.32 Å². The highest BCUT2D eigenvalue weighted by Gasteiger charge is 2.02. The third-order valence-corrected chi connectivity index (χ3v) is 1.68. The molecule has 0 aliphatic carbocycles. The molecule has 0 spiro atoms. The Morgan fingerprint density at radius 1 is 1.00 bits per heavy atom. The fourth-order valence-electron chi connectivity index (χ4n) is 0.880. The lowest BCUT2D eigenvalue weighted by Crippen LogP contribution is -2.21. The van der Waals surface area contributed by atoms with Crippen molar-refractivity contribution in [1.82, 2.24) is 0 Å². The van der Waals surface area contributed by atoms with Gasteiger partial charge in [-0.1, -0.05) is 13.3 Å². The highest BCUT2D eigenvalue weighted by molar-refractivity contribution is 6.30. The molecule has 1 atom stereocenters. The molecule has 9 heteroatoms. The zero-order valence-corrected chi connectivity index (χ0v) is 11.3. The minimum Gasteiger partial charge on any atom is -0.402 e. The standard InChI is InChI=1S/C10H22O5.BH3O3/c1-2-3-5-15-10(12)9-14-8-7-13-6-4-11;2-1(3)4/h10-12H,2-9H2,1H3;2-4H. The van der Waals surface area contributed by atoms with Gasteiger partial charge in [-0.25, -0.2) is 0 Å². The molecule has 1 unspecified atom stereocenters. The number of aliphatic hydroxyl groups is 2. The molecule has 0 aromatic heterocycles. The molecule has 0 aromatic rings. The van der Waals surface area contributed by atoms with E-state index in [0.717, 1.165) is 12.8 Å². The van der Waals surface area contributed by atoms with Gasteiger partial charge in [-0.2, -0.15) is 0 Å². The van der Waals surface area contributed by atoms with E-state index in [4.69, 9.17) is 34.4 Å². The van der Waals surface area contributed by atoms with Crippen molar-refractivity contribution in [3.8, 4) is 0 Å². The molecule has 116 valence electrons. The molecule has 0 fully saturated rings. The van der Waals surface area contributed by atoms with Crippen LogP contribution in [0.5, 0.6) is 0 Å². The summed E-state index contributed by atoms with van der Waals surface area (Å²) >= 11 is 0. The van der Waals surface area contributed by atoms with Crippen LogP contribution in [-0.2, 0) is 14.2 Å². The molecule has 5 N–H and O–H groups in total. The fourth-order valence-corrected chi connectivity index (χ4v) is 0.880. The Kier molecular flexibility index (Phi) is 19.7. The molecule has 0 saturated heterocycles. The molecule has 8 nitrogen and oxygen atoms in total. The average molecular weight is 284 g/mol. The molecule has 0 aromatic carbocycles. The Morgan fingerprint density at radius 3 is 2.11 bits per heavy atom. The molecule has 19 heavy (non-hydrogen) atoms. The van der Waals surface area contributed by atoms with Crippen molar-refractivity contribution in [2.75, 3.05) is 39.6 Å². The highest BCUT2D eigenvalue weighted by Crippen LogP contribution is 1.93. The number of ether oxygens (including phenoxy) is 3. The Hall–Kier alpha value is -0.255. The van der Waals surface area contributed by atoms with E-state index in [2.05, 4.69) is 6.92 Å². The topological polar surface area (TPSA) is 129 Å². The lowest BCUT2D eigenvalue weighted by molar-refractivity contribution is -0.141. The van der Waals surface area contributed by atoms with Gasteiger partial charge in [0, 0.05) is 6.61 Å². The molecule has 0 heterocycles. The van der Waals surface area contributed by atoms with Gasteiger partial charge in [-0.05, 0) is 6.42 Å². The van der Waals surface area contributed by atoms with Gasteiger partial charge in [0.15, 0.2) is 6.29 Å². The van der Waals surface area contributed by atoms with Crippen molar-refractivity contribution in [3.05, 3.63) is 0 Å². The van der Waals surface area contributed by atoms with E-state index in [-0.39, 0.29) is 13.2 Å². The number of unbranched alkanes of at least 4 members (excludes halogenated alkanes) is 1. The van der Waals surface area contributed by atoms with E-state index >= 15 is 0 Å². The Labute approximate surface area is 113 Å². The highest BCUT2D eigenvalue weighted by atomic mass is 16.6. The number of aliphatic hydroxyl groups excluding tert-OH is 2. The normalized spacial score (nSPS) is 11.7. The SMILES string of the molecule is CCCCOC(O)COCCOCCO.OB(O)O. The summed E-state index contributed by atoms with van der Waals surface area (Å²) < 4.78 is 15.1. The summed E-state index contributed by atoms with van der Waals surface area (Å²) in [5, 5.41) is 39.2. The van der Waals surface area contributed by atoms with Gasteiger partial charge in [0.05, 0.1) is 33.0 Å². The second-order valence-corrected chi connectivity index (χ2v) is 3.44. The van der Waals surface area contributed by atoms with Crippen LogP contribution >= 0.6 is 0 Å². The largest absolute Gasteiger partial charge is 0.631 e. The summed E-state index contributed by atoms with van der Waals surface area (Å²) in [5.74, 6) is 0. The molecule has 0 radical (unpaired) electrons. The predicted molar refractivity (Wildman–Crippen MR) is 68.0 cm³/mol. The van der Waals surface area contributed by atoms with Gasteiger partial charge in [0.25, 0.3) is 0 Å². The van der Waals surface area contributed by atoms with E-state index in [1.807, 2.05) is 0 Å². The number of hydrogen-bond donors (Lipinski definition) is 5. The molecule has 0 aliphatic heterocycles. The maximum absolute atomic E-state index is 9.25. The summed E-state index contributed by atoms with van der Waals surface area (Å²) in [6.45, 7) is 3.93. The lowest BCUT2D eigenvalue weighted by Gasteiger charge is -2.12. The van der Waals surface area contributed by atoms with Crippen molar-refractivity contribution in [2.45, 2.75) is 26.1 Å². The minimum absolute atomic E-state index is 0.0166. The molecule has 0 bridgehead atoms. The van der Waals surface area contributed by atoms with Crippen LogP contribution in [0.15, 0.2) is 0 Å². The molecule has 0 saturated carbocycles. The first-order valence-corrected chi connectivity index (χ1v) is 6.14. The van der Waals surface area contributed by atoms with Crippen LogP contribution < -0.4 is 0 Å². The molecule has 0 amide bonds. The van der Waals surface area contributed by atoms with Crippen LogP contribution in [0.1, 0.15) is 19.8 Å². The van der Waals surface area contributed by atoms with E-state index in [9.17, 15) is 5.11 Å². The average Bonchev–Trinajstić information content (AvgIpc) is 2.33. The lowest BCUT2D eigenvalue weighted by atomic mass is 10.3. The first-order chi connectivity index (χ1) is 9.04. The maximum atomic E-state index is 9.25. The van der Waals surface area contributed by atoms with Crippen LogP contribution in [0.3, 0.4) is 0 Å². The summed E-state index contributed by atoms with van der Waals surface area (Å²) in [7, 11) is -2.17. The number of hydrogen-bond acceptors (Lipinski definition) is 8. The molecular weight excluding hydrogens is 259 g/mol. The van der Waals surface area contributed by atoms with Crippen molar-refractivity contribution in [2.24, 2.45) is 0 Å². The first kappa shape index (κ1) is 21.1. The van der Waals surface area contributed by atoms with Gasteiger partial charge in [0.1, 0.15) is 0 Å². The Balaban J connectivity index is 0. The summed E-state index contributed by atoms with van der Waals surface area (Å²) in [5.41, 5.74) is 0. The Morgan fingerprint density at radius 2 is 1.58 bits per heavy atom. The third-order valence-electron chi connectivity index (χ3n) is 1.68. The smallest absolute Gasteiger partial charge is 0.402 e. The zero-order chi connectivity index (χ0) is 14.9. The third kappa shape index (κ3) is 27.1. The maximum Gasteiger partial charge on any atom is 0.631 e. The van der Waals surface area contributed by atoms with Gasteiger partial charge in [0.2, 0.25) is 0 Å². The first-order valence-electron chi connectivity index (χ1n) is 6.14. The second-order valence-electron chi connectivity index (χ2n) is 3.44. The number of rotatable bonds is 11. The van der Waals surface area contributed by atoms with Crippen LogP contribution in [0.25, 0.3) is 0 Å². The summed E-state index contributed by atoms with van der Waals surface area (Å²) in [4.78, 5) is 0. The van der Waals surface area contributed by atoms with Crippen molar-refractivity contribution < 1.29 is 39.5 Å². The summed E-state index contributed by atoms with van der Waals surface area (Å²) in [6.07, 6.45) is 1.13. The zero-order valence-electron chi connectivity index (χ0n) is 11.3. The second kappa shape index (κ2) is 17.7. The van der Waals surface area contributed by atoms with Crippen LogP contribution in [0.4, 0.5) is 0 Å². The van der Waals surface area contributed by atoms with E-state index in [1.165, 1.54) is 0 Å². The minimum atomic E-state index is -2.17. The van der Waals surface area contributed by atoms with Gasteiger partial charge in [-0.3, -0.25) is 0 Å². The summed E-state index contributed by atoms with van der Waals surface area (Å²) in [6, 6.07) is 0. The van der Waals surface area contributed by atoms with Crippen LogP contribution in [-0.4, -0.2) is 78.5 Å². The van der Waals surface area contributed by atoms with Gasteiger partial charge < -0.3 is 39.5 Å². The van der Waals surface area contributed by atoms with Crippen LogP contribution in [0, 0.1) is 0 Å². The molecule has 0 aliphatic rings. The quantitative estimate of drug-likeness (QED) is 0.169.